The third kappa shape index (κ3) is 3.86. The van der Waals surface area contributed by atoms with Crippen LogP contribution in [-0.4, -0.2) is 32.7 Å². The summed E-state index contributed by atoms with van der Waals surface area (Å²) in [6.45, 7) is 4.04. The Hall–Kier alpha value is -1.75. The first-order valence-corrected chi connectivity index (χ1v) is 6.12. The van der Waals surface area contributed by atoms with Crippen molar-refractivity contribution in [3.05, 3.63) is 23.8 Å². The number of carbonyl (C=O) groups is 1. The van der Waals surface area contributed by atoms with E-state index in [-0.39, 0.29) is 5.91 Å². The second-order valence-corrected chi connectivity index (χ2v) is 4.74. The van der Waals surface area contributed by atoms with Gasteiger partial charge in [-0.15, -0.1) is 0 Å². The lowest BCUT2D eigenvalue weighted by Crippen LogP contribution is -2.50. The number of carbonyl (C=O) groups excluding carboxylic acids is 1. The molecular weight excluding hydrogens is 244 g/mol. The third-order valence-corrected chi connectivity index (χ3v) is 3.12. The van der Waals surface area contributed by atoms with Gasteiger partial charge in [0.2, 0.25) is 5.91 Å². The van der Waals surface area contributed by atoms with Crippen LogP contribution in [0.25, 0.3) is 0 Å². The van der Waals surface area contributed by atoms with E-state index in [4.69, 9.17) is 9.47 Å². The maximum absolute atomic E-state index is 12.0. The van der Waals surface area contributed by atoms with E-state index >= 15 is 0 Å². The molecule has 0 atom stereocenters. The van der Waals surface area contributed by atoms with Crippen LogP contribution >= 0.6 is 0 Å². The van der Waals surface area contributed by atoms with Gasteiger partial charge in [-0.05, 0) is 39.1 Å². The van der Waals surface area contributed by atoms with Gasteiger partial charge in [-0.1, -0.05) is 0 Å². The van der Waals surface area contributed by atoms with Gasteiger partial charge in [0.1, 0.15) is 11.5 Å². The molecule has 5 heteroatoms. The minimum absolute atomic E-state index is 0.0696. The molecule has 1 rings (SSSR count). The number of benzene rings is 1. The fraction of sp³-hybridized carbons (Fsp3) is 0.500. The average molecular weight is 266 g/mol. The number of hydrogen-bond acceptors (Lipinski definition) is 4. The number of amides is 1. The number of methoxy groups -OCH3 is 2. The lowest BCUT2D eigenvalue weighted by Gasteiger charge is -2.23. The van der Waals surface area contributed by atoms with Crippen LogP contribution in [0.4, 0.5) is 0 Å². The van der Waals surface area contributed by atoms with Crippen molar-refractivity contribution in [2.45, 2.75) is 25.9 Å². The van der Waals surface area contributed by atoms with E-state index in [2.05, 4.69) is 10.6 Å². The second-order valence-electron chi connectivity index (χ2n) is 4.74. The highest BCUT2D eigenvalue weighted by molar-refractivity contribution is 5.85. The molecule has 0 fully saturated rings. The molecule has 0 aliphatic heterocycles. The highest BCUT2D eigenvalue weighted by Crippen LogP contribution is 2.23. The highest BCUT2D eigenvalue weighted by atomic mass is 16.5. The van der Waals surface area contributed by atoms with Crippen molar-refractivity contribution in [1.82, 2.24) is 10.6 Å². The standard InChI is InChI=1S/C14H22N2O3/c1-14(2,15-3)13(17)16-9-10-8-11(18-4)6-7-12(10)19-5/h6-8,15H,9H2,1-5H3,(H,16,17). The number of likely N-dealkylation sites (N-methyl/N-ethyl adjacent to an activating group) is 1. The summed E-state index contributed by atoms with van der Waals surface area (Å²) in [4.78, 5) is 12.0. The molecule has 0 radical (unpaired) electrons. The van der Waals surface area contributed by atoms with E-state index in [0.717, 1.165) is 17.1 Å². The molecule has 0 heterocycles. The molecular formula is C14H22N2O3. The molecule has 0 aliphatic rings. The quantitative estimate of drug-likeness (QED) is 0.815. The number of hydrogen-bond donors (Lipinski definition) is 2. The summed E-state index contributed by atoms with van der Waals surface area (Å²) in [5.41, 5.74) is 0.272. The minimum Gasteiger partial charge on any atom is -0.497 e. The van der Waals surface area contributed by atoms with E-state index in [9.17, 15) is 4.79 Å². The monoisotopic (exact) mass is 266 g/mol. The Labute approximate surface area is 114 Å². The van der Waals surface area contributed by atoms with Gasteiger partial charge in [-0.3, -0.25) is 4.79 Å². The van der Waals surface area contributed by atoms with E-state index in [1.54, 1.807) is 21.3 Å². The third-order valence-electron chi connectivity index (χ3n) is 3.12. The van der Waals surface area contributed by atoms with E-state index in [1.807, 2.05) is 32.0 Å². The molecule has 1 aromatic carbocycles. The molecule has 1 amide bonds. The molecule has 0 bridgehead atoms. The fourth-order valence-electron chi connectivity index (χ4n) is 1.53. The summed E-state index contributed by atoms with van der Waals surface area (Å²) in [5, 5.41) is 5.84. The zero-order chi connectivity index (χ0) is 14.5. The molecule has 5 nitrogen and oxygen atoms in total. The summed E-state index contributed by atoms with van der Waals surface area (Å²) in [7, 11) is 4.96. The van der Waals surface area contributed by atoms with Crippen molar-refractivity contribution in [3.8, 4) is 11.5 Å². The first kappa shape index (κ1) is 15.3. The summed E-state index contributed by atoms with van der Waals surface area (Å²) >= 11 is 0. The predicted octanol–water partition coefficient (Wildman–Crippen LogP) is 1.32. The van der Waals surface area contributed by atoms with Gasteiger partial charge in [0.25, 0.3) is 0 Å². The molecule has 19 heavy (non-hydrogen) atoms. The molecule has 0 aliphatic carbocycles. The SMILES string of the molecule is CNC(C)(C)C(=O)NCc1cc(OC)ccc1OC. The van der Waals surface area contributed by atoms with Crippen molar-refractivity contribution in [1.29, 1.82) is 0 Å². The van der Waals surface area contributed by atoms with Gasteiger partial charge >= 0.3 is 0 Å². The van der Waals surface area contributed by atoms with Crippen LogP contribution in [0, 0.1) is 0 Å². The topological polar surface area (TPSA) is 59.6 Å². The van der Waals surface area contributed by atoms with Crippen molar-refractivity contribution in [2.75, 3.05) is 21.3 Å². The molecule has 106 valence electrons. The first-order valence-electron chi connectivity index (χ1n) is 6.12. The summed E-state index contributed by atoms with van der Waals surface area (Å²) < 4.78 is 10.4. The molecule has 0 saturated heterocycles. The van der Waals surface area contributed by atoms with Gasteiger partial charge in [0.15, 0.2) is 0 Å². The molecule has 1 aromatic rings. The summed E-state index contributed by atoms with van der Waals surface area (Å²) in [6.07, 6.45) is 0. The van der Waals surface area contributed by atoms with E-state index < -0.39 is 5.54 Å². The van der Waals surface area contributed by atoms with Crippen LogP contribution in [0.5, 0.6) is 11.5 Å². The smallest absolute Gasteiger partial charge is 0.239 e. The van der Waals surface area contributed by atoms with Crippen LogP contribution in [0.3, 0.4) is 0 Å². The summed E-state index contributed by atoms with van der Waals surface area (Å²) in [6, 6.07) is 5.50. The normalized spacial score (nSPS) is 11.0. The second kappa shape index (κ2) is 6.43. The highest BCUT2D eigenvalue weighted by Gasteiger charge is 2.24. The largest absolute Gasteiger partial charge is 0.497 e. The first-order chi connectivity index (χ1) is 8.94. The molecule has 2 N–H and O–H groups in total. The zero-order valence-electron chi connectivity index (χ0n) is 12.2. The van der Waals surface area contributed by atoms with Crippen LogP contribution in [0.1, 0.15) is 19.4 Å². The molecule has 0 spiro atoms. The van der Waals surface area contributed by atoms with Crippen molar-refractivity contribution in [3.63, 3.8) is 0 Å². The average Bonchev–Trinajstić information content (AvgIpc) is 2.44. The predicted molar refractivity (Wildman–Crippen MR) is 74.5 cm³/mol. The summed E-state index contributed by atoms with van der Waals surface area (Å²) in [5.74, 6) is 1.39. The van der Waals surface area contributed by atoms with Crippen molar-refractivity contribution < 1.29 is 14.3 Å². The van der Waals surface area contributed by atoms with Gasteiger partial charge in [-0.25, -0.2) is 0 Å². The van der Waals surface area contributed by atoms with Crippen LogP contribution < -0.4 is 20.1 Å². The molecule has 0 aromatic heterocycles. The minimum atomic E-state index is -0.605. The van der Waals surface area contributed by atoms with Crippen LogP contribution in [-0.2, 0) is 11.3 Å². The van der Waals surface area contributed by atoms with E-state index in [1.165, 1.54) is 0 Å². The lowest BCUT2D eigenvalue weighted by atomic mass is 10.0. The van der Waals surface area contributed by atoms with Crippen molar-refractivity contribution in [2.24, 2.45) is 0 Å². The van der Waals surface area contributed by atoms with Crippen molar-refractivity contribution >= 4 is 5.91 Å². The van der Waals surface area contributed by atoms with Crippen LogP contribution in [0.15, 0.2) is 18.2 Å². The molecule has 0 unspecified atom stereocenters. The Morgan fingerprint density at radius 3 is 2.47 bits per heavy atom. The number of ether oxygens (including phenoxy) is 2. The van der Waals surface area contributed by atoms with Gasteiger partial charge in [-0.2, -0.15) is 0 Å². The Bertz CT molecular complexity index is 444. The molecule has 0 saturated carbocycles. The maximum atomic E-state index is 12.0. The van der Waals surface area contributed by atoms with E-state index in [0.29, 0.717) is 6.54 Å². The van der Waals surface area contributed by atoms with Crippen LogP contribution in [0.2, 0.25) is 0 Å². The fourth-order valence-corrected chi connectivity index (χ4v) is 1.53. The zero-order valence-corrected chi connectivity index (χ0v) is 12.2. The van der Waals surface area contributed by atoms with Gasteiger partial charge < -0.3 is 20.1 Å². The Kier molecular flexibility index (Phi) is 5.18. The Morgan fingerprint density at radius 2 is 1.95 bits per heavy atom. The maximum Gasteiger partial charge on any atom is 0.239 e. The Morgan fingerprint density at radius 1 is 1.26 bits per heavy atom. The van der Waals surface area contributed by atoms with Gasteiger partial charge in [0, 0.05) is 12.1 Å². The van der Waals surface area contributed by atoms with Gasteiger partial charge in [0.05, 0.1) is 19.8 Å². The number of nitrogens with one attached hydrogen (secondary N) is 2. The lowest BCUT2D eigenvalue weighted by molar-refractivity contribution is -0.126. The Balaban J connectivity index is 2.79. The number of rotatable bonds is 6.